The molecular formula is C19H15FIN3O2. The zero-order chi connectivity index (χ0) is 18.4. The molecule has 0 saturated carbocycles. The lowest BCUT2D eigenvalue weighted by atomic mass is 10.1. The van der Waals surface area contributed by atoms with Gasteiger partial charge in [-0.15, -0.1) is 10.2 Å². The minimum absolute atomic E-state index is 0.150. The average Bonchev–Trinajstić information content (AvgIpc) is 2.67. The SMILES string of the molecule is O=C(NCCOc1ccc(-c2ccc(F)cc2)nn1)c1ccc(I)cc1. The molecule has 0 aliphatic carbocycles. The van der Waals surface area contributed by atoms with Gasteiger partial charge in [0, 0.05) is 20.8 Å². The van der Waals surface area contributed by atoms with Crippen molar-refractivity contribution in [3.63, 3.8) is 0 Å². The quantitative estimate of drug-likeness (QED) is 0.448. The summed E-state index contributed by atoms with van der Waals surface area (Å²) in [7, 11) is 0. The van der Waals surface area contributed by atoms with E-state index in [9.17, 15) is 9.18 Å². The molecule has 3 aromatic rings. The summed E-state index contributed by atoms with van der Waals surface area (Å²) in [6, 6.07) is 16.8. The average molecular weight is 463 g/mol. The molecule has 132 valence electrons. The van der Waals surface area contributed by atoms with Gasteiger partial charge in [-0.1, -0.05) is 0 Å². The van der Waals surface area contributed by atoms with Crippen LogP contribution in [0.3, 0.4) is 0 Å². The lowest BCUT2D eigenvalue weighted by molar-refractivity contribution is 0.0946. The summed E-state index contributed by atoms with van der Waals surface area (Å²) in [5, 5.41) is 10.8. The van der Waals surface area contributed by atoms with E-state index in [1.165, 1.54) is 12.1 Å². The van der Waals surface area contributed by atoms with Gasteiger partial charge in [0.15, 0.2) is 0 Å². The molecule has 1 heterocycles. The third-order valence-corrected chi connectivity index (χ3v) is 4.24. The van der Waals surface area contributed by atoms with Crippen molar-refractivity contribution in [2.24, 2.45) is 0 Å². The number of halogens is 2. The smallest absolute Gasteiger partial charge is 0.251 e. The van der Waals surface area contributed by atoms with Crippen LogP contribution in [0.2, 0.25) is 0 Å². The molecule has 1 amide bonds. The zero-order valence-corrected chi connectivity index (χ0v) is 15.8. The Labute approximate surface area is 163 Å². The largest absolute Gasteiger partial charge is 0.475 e. The molecule has 7 heteroatoms. The summed E-state index contributed by atoms with van der Waals surface area (Å²) in [5.41, 5.74) is 2.01. The van der Waals surface area contributed by atoms with Crippen LogP contribution in [0.25, 0.3) is 11.3 Å². The number of amides is 1. The van der Waals surface area contributed by atoms with E-state index in [1.807, 2.05) is 12.1 Å². The second kappa shape index (κ2) is 8.70. The molecular weight excluding hydrogens is 448 g/mol. The highest BCUT2D eigenvalue weighted by atomic mass is 127. The molecule has 0 aliphatic rings. The number of nitrogens with zero attached hydrogens (tertiary/aromatic N) is 2. The van der Waals surface area contributed by atoms with E-state index < -0.39 is 0 Å². The van der Waals surface area contributed by atoms with Crippen LogP contribution < -0.4 is 10.1 Å². The fourth-order valence-corrected chi connectivity index (χ4v) is 2.55. The number of carbonyl (C=O) groups excluding carboxylic acids is 1. The van der Waals surface area contributed by atoms with Crippen LogP contribution in [0.15, 0.2) is 60.7 Å². The second-order valence-electron chi connectivity index (χ2n) is 5.37. The first-order chi connectivity index (χ1) is 12.6. The minimum Gasteiger partial charge on any atom is -0.475 e. The Morgan fingerprint density at radius 3 is 2.38 bits per heavy atom. The summed E-state index contributed by atoms with van der Waals surface area (Å²) in [6.07, 6.45) is 0. The van der Waals surface area contributed by atoms with Gasteiger partial charge in [0.05, 0.1) is 12.2 Å². The standard InChI is InChI=1S/C19H15FIN3O2/c20-15-5-1-13(2-6-15)17-9-10-18(24-23-17)26-12-11-22-19(25)14-3-7-16(21)8-4-14/h1-10H,11-12H2,(H,22,25). The highest BCUT2D eigenvalue weighted by Gasteiger charge is 2.05. The van der Waals surface area contributed by atoms with Gasteiger partial charge in [-0.05, 0) is 77.2 Å². The lowest BCUT2D eigenvalue weighted by Crippen LogP contribution is -2.28. The first kappa shape index (κ1) is 18.2. The summed E-state index contributed by atoms with van der Waals surface area (Å²) < 4.78 is 19.5. The first-order valence-electron chi connectivity index (χ1n) is 7.88. The fourth-order valence-electron chi connectivity index (χ4n) is 2.20. The predicted molar refractivity (Wildman–Crippen MR) is 104 cm³/mol. The van der Waals surface area contributed by atoms with E-state index in [-0.39, 0.29) is 18.3 Å². The molecule has 1 aromatic heterocycles. The monoisotopic (exact) mass is 463 g/mol. The third-order valence-electron chi connectivity index (χ3n) is 3.52. The number of ether oxygens (including phenoxy) is 1. The number of benzene rings is 2. The van der Waals surface area contributed by atoms with Gasteiger partial charge in [0.2, 0.25) is 5.88 Å². The first-order valence-corrected chi connectivity index (χ1v) is 8.96. The molecule has 1 N–H and O–H groups in total. The summed E-state index contributed by atoms with van der Waals surface area (Å²) in [4.78, 5) is 12.0. The predicted octanol–water partition coefficient (Wildman–Crippen LogP) is 3.70. The Bertz CT molecular complexity index is 869. The summed E-state index contributed by atoms with van der Waals surface area (Å²) >= 11 is 2.19. The van der Waals surface area contributed by atoms with Gasteiger partial charge in [-0.3, -0.25) is 4.79 Å². The van der Waals surface area contributed by atoms with Crippen LogP contribution in [-0.4, -0.2) is 29.3 Å². The molecule has 0 fully saturated rings. The van der Waals surface area contributed by atoms with E-state index in [0.29, 0.717) is 23.7 Å². The van der Waals surface area contributed by atoms with E-state index >= 15 is 0 Å². The highest BCUT2D eigenvalue weighted by Crippen LogP contribution is 2.18. The van der Waals surface area contributed by atoms with Crippen LogP contribution in [-0.2, 0) is 0 Å². The Kier molecular flexibility index (Phi) is 6.11. The summed E-state index contributed by atoms with van der Waals surface area (Å²) in [5.74, 6) is -0.0870. The molecule has 3 rings (SSSR count). The minimum atomic E-state index is -0.297. The topological polar surface area (TPSA) is 64.1 Å². The zero-order valence-electron chi connectivity index (χ0n) is 13.7. The van der Waals surface area contributed by atoms with Gasteiger partial charge < -0.3 is 10.1 Å². The Morgan fingerprint density at radius 1 is 1.00 bits per heavy atom. The molecule has 0 spiro atoms. The number of aromatic nitrogens is 2. The molecule has 0 saturated heterocycles. The molecule has 0 bridgehead atoms. The van der Waals surface area contributed by atoms with Gasteiger partial charge in [0.25, 0.3) is 5.91 Å². The molecule has 0 aliphatic heterocycles. The number of nitrogens with one attached hydrogen (secondary N) is 1. The molecule has 5 nitrogen and oxygen atoms in total. The molecule has 0 unspecified atom stereocenters. The van der Waals surface area contributed by atoms with Crippen molar-refractivity contribution >= 4 is 28.5 Å². The van der Waals surface area contributed by atoms with Crippen molar-refractivity contribution in [2.75, 3.05) is 13.2 Å². The summed E-state index contributed by atoms with van der Waals surface area (Å²) in [6.45, 7) is 0.632. The van der Waals surface area contributed by atoms with Crippen LogP contribution in [0, 0.1) is 9.39 Å². The van der Waals surface area contributed by atoms with E-state index in [0.717, 1.165) is 9.13 Å². The number of rotatable bonds is 6. The number of hydrogen-bond acceptors (Lipinski definition) is 4. The van der Waals surface area contributed by atoms with Crippen molar-refractivity contribution in [1.29, 1.82) is 0 Å². The second-order valence-corrected chi connectivity index (χ2v) is 6.62. The maximum absolute atomic E-state index is 12.9. The van der Waals surface area contributed by atoms with E-state index in [1.54, 1.807) is 36.4 Å². The lowest BCUT2D eigenvalue weighted by Gasteiger charge is -2.07. The van der Waals surface area contributed by atoms with Crippen LogP contribution >= 0.6 is 22.6 Å². The van der Waals surface area contributed by atoms with E-state index in [2.05, 4.69) is 38.1 Å². The number of hydrogen-bond donors (Lipinski definition) is 1. The van der Waals surface area contributed by atoms with Gasteiger partial charge in [0.1, 0.15) is 12.4 Å². The molecule has 26 heavy (non-hydrogen) atoms. The van der Waals surface area contributed by atoms with Gasteiger partial charge in [-0.25, -0.2) is 4.39 Å². The van der Waals surface area contributed by atoms with E-state index in [4.69, 9.17) is 4.74 Å². The van der Waals surface area contributed by atoms with Crippen molar-refractivity contribution in [3.8, 4) is 17.1 Å². The Morgan fingerprint density at radius 2 is 1.73 bits per heavy atom. The molecule has 0 atom stereocenters. The van der Waals surface area contributed by atoms with Crippen molar-refractivity contribution in [2.45, 2.75) is 0 Å². The molecule has 0 radical (unpaired) electrons. The van der Waals surface area contributed by atoms with Crippen molar-refractivity contribution in [1.82, 2.24) is 15.5 Å². The van der Waals surface area contributed by atoms with Crippen molar-refractivity contribution < 1.29 is 13.9 Å². The van der Waals surface area contributed by atoms with Gasteiger partial charge >= 0.3 is 0 Å². The van der Waals surface area contributed by atoms with Crippen LogP contribution in [0.5, 0.6) is 5.88 Å². The maximum Gasteiger partial charge on any atom is 0.251 e. The van der Waals surface area contributed by atoms with Gasteiger partial charge in [-0.2, -0.15) is 0 Å². The molecule has 2 aromatic carbocycles. The van der Waals surface area contributed by atoms with Crippen LogP contribution in [0.4, 0.5) is 4.39 Å². The Hall–Kier alpha value is -2.55. The van der Waals surface area contributed by atoms with Crippen molar-refractivity contribution in [3.05, 3.63) is 75.6 Å². The normalized spacial score (nSPS) is 10.4. The number of carbonyl (C=O) groups is 1. The van der Waals surface area contributed by atoms with Crippen LogP contribution in [0.1, 0.15) is 10.4 Å². The highest BCUT2D eigenvalue weighted by molar-refractivity contribution is 14.1. The third kappa shape index (κ3) is 4.98. The fraction of sp³-hybridized carbons (Fsp3) is 0.105. The Balaban J connectivity index is 1.47. The maximum atomic E-state index is 12.9.